The third kappa shape index (κ3) is 4.28. The molecule has 0 aliphatic heterocycles. The van der Waals surface area contributed by atoms with Crippen LogP contribution in [0.25, 0.3) is 11.1 Å². The molecule has 2 N–H and O–H groups in total. The first kappa shape index (κ1) is 19.8. The molecule has 1 aromatic heterocycles. The summed E-state index contributed by atoms with van der Waals surface area (Å²) in [4.78, 5) is 11.8. The molecule has 0 bridgehead atoms. The number of anilines is 1. The zero-order valence-corrected chi connectivity index (χ0v) is 16.0. The van der Waals surface area contributed by atoms with Gasteiger partial charge in [-0.3, -0.25) is 4.79 Å². The number of ether oxygens (including phenoxy) is 1. The number of pyridine rings is 1. The smallest absolute Gasteiger partial charge is 0.292 e. The van der Waals surface area contributed by atoms with E-state index in [1.807, 2.05) is 6.92 Å². The molecule has 0 saturated heterocycles. The molecule has 2 aromatic carbocycles. The first-order chi connectivity index (χ1) is 13.4. The summed E-state index contributed by atoms with van der Waals surface area (Å²) >= 11 is 1.49. The number of hydrogen-bond donors (Lipinski definition) is 2. The summed E-state index contributed by atoms with van der Waals surface area (Å²) in [5, 5.41) is 9.91. The van der Waals surface area contributed by atoms with Crippen LogP contribution in [-0.4, -0.2) is 15.4 Å². The van der Waals surface area contributed by atoms with Crippen LogP contribution >= 0.6 is 11.9 Å². The topological polar surface area (TPSA) is 63.5 Å². The zero-order chi connectivity index (χ0) is 20.3. The Balaban J connectivity index is 2.10. The number of aromatic nitrogens is 1. The van der Waals surface area contributed by atoms with Gasteiger partial charge >= 0.3 is 0 Å². The van der Waals surface area contributed by atoms with Crippen LogP contribution in [0.5, 0.6) is 17.2 Å². The molecule has 0 atom stereocenters. The van der Waals surface area contributed by atoms with Gasteiger partial charge in [0.1, 0.15) is 11.6 Å². The van der Waals surface area contributed by atoms with Crippen molar-refractivity contribution in [2.45, 2.75) is 6.92 Å². The molecule has 0 aliphatic rings. The van der Waals surface area contributed by atoms with Crippen LogP contribution in [0.3, 0.4) is 0 Å². The fourth-order valence-corrected chi connectivity index (χ4v) is 3.02. The summed E-state index contributed by atoms with van der Waals surface area (Å²) < 4.78 is 37.3. The minimum atomic E-state index is -0.835. The van der Waals surface area contributed by atoms with E-state index in [-0.39, 0.29) is 11.5 Å². The highest BCUT2D eigenvalue weighted by atomic mass is 32.2. The van der Waals surface area contributed by atoms with Crippen LogP contribution in [0.2, 0.25) is 0 Å². The molecule has 3 aromatic rings. The zero-order valence-electron chi connectivity index (χ0n) is 15.2. The minimum absolute atomic E-state index is 0.139. The molecule has 0 fully saturated rings. The first-order valence-electron chi connectivity index (χ1n) is 8.43. The molecule has 28 heavy (non-hydrogen) atoms. The van der Waals surface area contributed by atoms with Crippen LogP contribution in [0.15, 0.2) is 53.5 Å². The Bertz CT molecular complexity index is 1040. The van der Waals surface area contributed by atoms with Gasteiger partial charge in [-0.25, -0.2) is 8.78 Å². The number of aromatic hydroxyl groups is 1. The molecule has 0 saturated carbocycles. The van der Waals surface area contributed by atoms with Crippen molar-refractivity contribution >= 4 is 17.6 Å². The van der Waals surface area contributed by atoms with E-state index >= 15 is 0 Å². The highest BCUT2D eigenvalue weighted by Crippen LogP contribution is 2.37. The number of nitrogens with zero attached hydrogens (tertiary/aromatic N) is 1. The van der Waals surface area contributed by atoms with Crippen molar-refractivity contribution in [2.75, 3.05) is 10.5 Å². The molecule has 1 heterocycles. The Morgan fingerprint density at radius 1 is 1.14 bits per heavy atom. The molecular formula is C20H18F2N2O3S. The Hall–Kier alpha value is -3.00. The standard InChI is InChI=1S/C20H18F2N2O3S/c1-3-28-23-14-5-7-18(27-19-6-4-13(21)9-16(19)22)15(10-14)12-8-17(25)20(26)24(2)11-12/h4-11,23,25H,3H2,1-2H3. The lowest BCUT2D eigenvalue weighted by Crippen LogP contribution is -2.15. The van der Waals surface area contributed by atoms with Crippen LogP contribution < -0.4 is 15.0 Å². The molecule has 0 unspecified atom stereocenters. The summed E-state index contributed by atoms with van der Waals surface area (Å²) in [6.45, 7) is 2.00. The number of aryl methyl sites for hydroxylation is 1. The molecule has 3 rings (SSSR count). The van der Waals surface area contributed by atoms with Gasteiger partial charge in [-0.2, -0.15) is 0 Å². The molecule has 0 amide bonds. The number of benzene rings is 2. The van der Waals surface area contributed by atoms with Gasteiger partial charge in [0.2, 0.25) is 0 Å². The fourth-order valence-electron chi connectivity index (χ4n) is 2.58. The maximum atomic E-state index is 14.0. The van der Waals surface area contributed by atoms with Crippen molar-refractivity contribution in [1.82, 2.24) is 4.57 Å². The van der Waals surface area contributed by atoms with Crippen LogP contribution in [0, 0.1) is 11.6 Å². The number of halogens is 2. The lowest BCUT2D eigenvalue weighted by atomic mass is 10.1. The second-order valence-corrected chi connectivity index (χ2v) is 7.02. The Labute approximate surface area is 164 Å². The highest BCUT2D eigenvalue weighted by Gasteiger charge is 2.14. The first-order valence-corrected chi connectivity index (χ1v) is 9.42. The SMILES string of the molecule is CCSNc1ccc(Oc2ccc(F)cc2F)c(-c2cc(O)c(=O)n(C)c2)c1. The average Bonchev–Trinajstić information content (AvgIpc) is 2.67. The normalized spacial score (nSPS) is 10.7. The predicted octanol–water partition coefficient (Wildman–Crippen LogP) is 4.91. The third-order valence-corrected chi connectivity index (χ3v) is 4.57. The summed E-state index contributed by atoms with van der Waals surface area (Å²) in [7, 11) is 1.51. The molecule has 0 spiro atoms. The lowest BCUT2D eigenvalue weighted by molar-refractivity contribution is 0.439. The fraction of sp³-hybridized carbons (Fsp3) is 0.150. The second-order valence-electron chi connectivity index (χ2n) is 5.95. The van der Waals surface area contributed by atoms with Crippen LogP contribution in [0.4, 0.5) is 14.5 Å². The highest BCUT2D eigenvalue weighted by molar-refractivity contribution is 8.00. The monoisotopic (exact) mass is 404 g/mol. The number of hydrogen-bond acceptors (Lipinski definition) is 5. The van der Waals surface area contributed by atoms with Crippen molar-refractivity contribution in [1.29, 1.82) is 0 Å². The summed E-state index contributed by atoms with van der Waals surface area (Å²) in [5.74, 6) is -0.965. The quantitative estimate of drug-likeness (QED) is 0.572. The van der Waals surface area contributed by atoms with Crippen LogP contribution in [0.1, 0.15) is 6.92 Å². The third-order valence-electron chi connectivity index (χ3n) is 3.90. The predicted molar refractivity (Wildman–Crippen MR) is 107 cm³/mol. The molecule has 0 radical (unpaired) electrons. The van der Waals surface area contributed by atoms with Crippen molar-refractivity contribution in [2.24, 2.45) is 7.05 Å². The average molecular weight is 404 g/mol. The van der Waals surface area contributed by atoms with E-state index in [1.165, 1.54) is 35.7 Å². The van der Waals surface area contributed by atoms with Gasteiger partial charge in [0, 0.05) is 41.9 Å². The van der Waals surface area contributed by atoms with E-state index in [1.54, 1.807) is 24.4 Å². The van der Waals surface area contributed by atoms with Gasteiger partial charge in [-0.1, -0.05) is 18.9 Å². The van der Waals surface area contributed by atoms with E-state index in [4.69, 9.17) is 4.74 Å². The van der Waals surface area contributed by atoms with Crippen molar-refractivity contribution in [3.63, 3.8) is 0 Å². The number of rotatable bonds is 6. The summed E-state index contributed by atoms with van der Waals surface area (Å²) in [5.41, 5.74) is 1.26. The van der Waals surface area contributed by atoms with Crippen molar-refractivity contribution in [3.8, 4) is 28.4 Å². The van der Waals surface area contributed by atoms with Crippen molar-refractivity contribution < 1.29 is 18.6 Å². The van der Waals surface area contributed by atoms with E-state index in [9.17, 15) is 18.7 Å². The molecular weight excluding hydrogens is 386 g/mol. The molecule has 0 aliphatic carbocycles. The maximum absolute atomic E-state index is 14.0. The Morgan fingerprint density at radius 3 is 2.57 bits per heavy atom. The van der Waals surface area contributed by atoms with Gasteiger partial charge < -0.3 is 19.1 Å². The van der Waals surface area contributed by atoms with Gasteiger partial charge in [0.25, 0.3) is 5.56 Å². The Morgan fingerprint density at radius 2 is 1.89 bits per heavy atom. The number of nitrogens with one attached hydrogen (secondary N) is 1. The largest absolute Gasteiger partial charge is 0.503 e. The van der Waals surface area contributed by atoms with Gasteiger partial charge in [0.05, 0.1) is 0 Å². The van der Waals surface area contributed by atoms with Gasteiger partial charge in [0.15, 0.2) is 17.3 Å². The molecule has 8 heteroatoms. The van der Waals surface area contributed by atoms with E-state index in [0.717, 1.165) is 23.6 Å². The summed E-state index contributed by atoms with van der Waals surface area (Å²) in [6.07, 6.45) is 1.54. The molecule has 5 nitrogen and oxygen atoms in total. The molecule has 146 valence electrons. The van der Waals surface area contributed by atoms with E-state index in [2.05, 4.69) is 4.72 Å². The van der Waals surface area contributed by atoms with E-state index in [0.29, 0.717) is 11.1 Å². The lowest BCUT2D eigenvalue weighted by Gasteiger charge is -2.15. The van der Waals surface area contributed by atoms with Gasteiger partial charge in [-0.05, 0) is 36.4 Å². The van der Waals surface area contributed by atoms with E-state index < -0.39 is 22.9 Å². The Kier molecular flexibility index (Phi) is 5.89. The minimum Gasteiger partial charge on any atom is -0.503 e. The van der Waals surface area contributed by atoms with Gasteiger partial charge in [-0.15, -0.1) is 0 Å². The van der Waals surface area contributed by atoms with Crippen molar-refractivity contribution in [3.05, 3.63) is 70.6 Å². The maximum Gasteiger partial charge on any atom is 0.292 e. The summed E-state index contributed by atoms with van der Waals surface area (Å²) in [6, 6.07) is 9.52. The second kappa shape index (κ2) is 8.35. The van der Waals surface area contributed by atoms with Crippen LogP contribution in [-0.2, 0) is 7.05 Å².